The number of hydrogen-bond donors (Lipinski definition) is 0. The number of rotatable bonds is 2. The van der Waals surface area contributed by atoms with Gasteiger partial charge in [0.2, 0.25) is 0 Å². The first-order chi connectivity index (χ1) is 24.6. The number of para-hydroxylation sites is 1. The summed E-state index contributed by atoms with van der Waals surface area (Å²) < 4.78 is 16.4. The van der Waals surface area contributed by atoms with E-state index in [2.05, 4.69) is 133 Å². The Morgan fingerprint density at radius 3 is 2.58 bits per heavy atom. The maximum Gasteiger partial charge on any atom is 0.256 e. The zero-order chi connectivity index (χ0) is 33.1. The summed E-state index contributed by atoms with van der Waals surface area (Å²) in [6.07, 6.45) is 30.3. The van der Waals surface area contributed by atoms with E-state index in [0.717, 1.165) is 73.5 Å². The molecule has 0 spiro atoms. The summed E-state index contributed by atoms with van der Waals surface area (Å²) in [5.74, 6) is 4.25. The van der Waals surface area contributed by atoms with Gasteiger partial charge in [0.25, 0.3) is 6.71 Å². The average molecular weight is 651 g/mol. The van der Waals surface area contributed by atoms with Crippen LogP contribution in [0.4, 0.5) is 5.69 Å². The number of ether oxygens (including phenoxy) is 2. The Morgan fingerprint density at radius 2 is 1.66 bits per heavy atom. The minimum Gasteiger partial charge on any atom is -0.458 e. The predicted octanol–water partition coefficient (Wildman–Crippen LogP) is 10.1. The number of nitrogens with zero attached hydrogens (tertiary/aromatic N) is 2. The van der Waals surface area contributed by atoms with Crippen LogP contribution in [0.3, 0.4) is 0 Å². The molecular weight excluding hydrogens is 611 g/mol. The van der Waals surface area contributed by atoms with Crippen LogP contribution in [0.25, 0.3) is 27.5 Å². The van der Waals surface area contributed by atoms with Crippen molar-refractivity contribution in [3.05, 3.63) is 137 Å². The molecule has 1 unspecified atom stereocenters. The SMILES string of the molecule is CC1(C)C2=C(C=CCC2)N(c2ccc3c4cc5c6c(c4n(C4=CC=CCC4)c3c2)OC2=C(CCC=C2)B6c2ccccc2O5)C2=CC=CCC21. The minimum atomic E-state index is 0.111. The molecule has 0 bridgehead atoms. The molecule has 7 aliphatic rings. The highest BCUT2D eigenvalue weighted by atomic mass is 16.5. The van der Waals surface area contributed by atoms with Crippen molar-refractivity contribution in [2.24, 2.45) is 11.3 Å². The van der Waals surface area contributed by atoms with Gasteiger partial charge >= 0.3 is 0 Å². The zero-order valence-corrected chi connectivity index (χ0v) is 28.7. The van der Waals surface area contributed by atoms with Gasteiger partial charge < -0.3 is 18.9 Å². The van der Waals surface area contributed by atoms with Crippen molar-refractivity contribution in [2.45, 2.75) is 58.8 Å². The van der Waals surface area contributed by atoms with Crippen LogP contribution in [0.15, 0.2) is 137 Å². The van der Waals surface area contributed by atoms with E-state index in [1.165, 1.54) is 55.5 Å². The average Bonchev–Trinajstić information content (AvgIpc) is 3.49. The molecular formula is C45H39BN2O2. The third-order valence-corrected chi connectivity index (χ3v) is 12.4. The third-order valence-electron chi connectivity index (χ3n) is 12.4. The van der Waals surface area contributed by atoms with Crippen molar-refractivity contribution < 1.29 is 9.47 Å². The Morgan fingerprint density at radius 1 is 0.800 bits per heavy atom. The number of aromatic nitrogens is 1. The standard InChI is InChI=1S/C45H39BN2O2/c1-45(2)32-16-6-10-20-36(32)47(37-21-11-7-17-33(37)45)29-24-25-30-31-27-41-42-44(43(31)48(38(30)26-29)28-14-4-3-5-15-28)50-40-23-13-9-19-35(40)46(42)34-18-8-12-22-39(34)49-41/h3-4,6,8,10-14,18,20-27,32H,5,7,9,15-17,19H2,1-2H3. The van der Waals surface area contributed by atoms with E-state index in [-0.39, 0.29) is 12.1 Å². The van der Waals surface area contributed by atoms with Crippen LogP contribution in [0.5, 0.6) is 17.2 Å². The molecule has 0 saturated heterocycles. The van der Waals surface area contributed by atoms with Crippen molar-refractivity contribution in [2.75, 3.05) is 4.90 Å². The van der Waals surface area contributed by atoms with Crippen LogP contribution >= 0.6 is 0 Å². The molecule has 4 nitrogen and oxygen atoms in total. The Labute approximate surface area is 293 Å². The van der Waals surface area contributed by atoms with Gasteiger partial charge in [0.05, 0.1) is 11.0 Å². The van der Waals surface area contributed by atoms with E-state index in [9.17, 15) is 0 Å². The maximum atomic E-state index is 7.09. The van der Waals surface area contributed by atoms with Crippen LogP contribution < -0.4 is 25.3 Å². The molecule has 1 aromatic heterocycles. The number of hydrogen-bond acceptors (Lipinski definition) is 3. The second-order valence-corrected chi connectivity index (χ2v) is 15.4. The lowest BCUT2D eigenvalue weighted by atomic mass is 9.33. The van der Waals surface area contributed by atoms with E-state index in [1.807, 2.05) is 0 Å². The molecule has 4 aromatic rings. The van der Waals surface area contributed by atoms with Crippen LogP contribution in [0.2, 0.25) is 0 Å². The van der Waals surface area contributed by atoms with Gasteiger partial charge in [0.15, 0.2) is 5.75 Å². The van der Waals surface area contributed by atoms with E-state index in [0.29, 0.717) is 5.92 Å². The topological polar surface area (TPSA) is 26.6 Å². The molecule has 4 aliphatic carbocycles. The minimum absolute atomic E-state index is 0.111. The van der Waals surface area contributed by atoms with Gasteiger partial charge in [-0.1, -0.05) is 74.6 Å². The van der Waals surface area contributed by atoms with E-state index >= 15 is 0 Å². The lowest BCUT2D eigenvalue weighted by Gasteiger charge is -2.50. The summed E-state index contributed by atoms with van der Waals surface area (Å²) in [4.78, 5) is 2.58. The second-order valence-electron chi connectivity index (χ2n) is 15.4. The van der Waals surface area contributed by atoms with E-state index < -0.39 is 0 Å². The van der Waals surface area contributed by atoms with Gasteiger partial charge in [-0.3, -0.25) is 0 Å². The van der Waals surface area contributed by atoms with Crippen molar-refractivity contribution >= 4 is 50.8 Å². The van der Waals surface area contributed by atoms with Crippen molar-refractivity contribution in [3.8, 4) is 17.2 Å². The summed E-state index contributed by atoms with van der Waals surface area (Å²) in [5, 5.41) is 2.40. The molecule has 0 fully saturated rings. The smallest absolute Gasteiger partial charge is 0.256 e. The Bertz CT molecular complexity index is 2460. The van der Waals surface area contributed by atoms with Crippen LogP contribution in [-0.4, -0.2) is 11.3 Å². The molecule has 5 heteroatoms. The van der Waals surface area contributed by atoms with E-state index in [4.69, 9.17) is 9.47 Å². The van der Waals surface area contributed by atoms with Crippen LogP contribution in [-0.2, 0) is 0 Å². The highest BCUT2D eigenvalue weighted by Crippen LogP contribution is 2.55. The summed E-state index contributed by atoms with van der Waals surface area (Å²) in [5.41, 5.74) is 13.1. The molecule has 0 N–H and O–H groups in total. The third kappa shape index (κ3) is 3.84. The van der Waals surface area contributed by atoms with Crippen LogP contribution in [0, 0.1) is 11.3 Å². The van der Waals surface area contributed by atoms with Gasteiger partial charge in [0, 0.05) is 44.9 Å². The summed E-state index contributed by atoms with van der Waals surface area (Å²) in [6, 6.07) is 18.0. The summed E-state index contributed by atoms with van der Waals surface area (Å²) >= 11 is 0. The fraction of sp³-hybridized carbons (Fsp3) is 0.244. The molecule has 11 rings (SSSR count). The molecule has 0 amide bonds. The number of benzene rings is 3. The largest absolute Gasteiger partial charge is 0.458 e. The van der Waals surface area contributed by atoms with Gasteiger partial charge in [-0.2, -0.15) is 0 Å². The molecule has 1 atom stereocenters. The monoisotopic (exact) mass is 650 g/mol. The fourth-order valence-electron chi connectivity index (χ4n) is 10.1. The second kappa shape index (κ2) is 10.4. The molecule has 0 radical (unpaired) electrons. The zero-order valence-electron chi connectivity index (χ0n) is 28.7. The van der Waals surface area contributed by atoms with Crippen LogP contribution in [0.1, 0.15) is 58.8 Å². The van der Waals surface area contributed by atoms with E-state index in [1.54, 1.807) is 5.57 Å². The first kappa shape index (κ1) is 28.7. The number of fused-ring (bicyclic) bond motifs is 8. The molecule has 3 aliphatic heterocycles. The maximum absolute atomic E-state index is 7.09. The van der Waals surface area contributed by atoms with Gasteiger partial charge in [-0.05, 0) is 115 Å². The summed E-state index contributed by atoms with van der Waals surface area (Å²) in [6.45, 7) is 5.04. The molecule has 244 valence electrons. The Balaban J connectivity index is 1.21. The normalized spacial score (nSPS) is 22.4. The van der Waals surface area contributed by atoms with Crippen molar-refractivity contribution in [1.82, 2.24) is 4.57 Å². The van der Waals surface area contributed by atoms with Gasteiger partial charge in [-0.25, -0.2) is 0 Å². The Hall–Kier alpha value is -5.16. The quantitative estimate of drug-likeness (QED) is 0.202. The van der Waals surface area contributed by atoms with Crippen molar-refractivity contribution in [3.63, 3.8) is 0 Å². The highest BCUT2D eigenvalue weighted by molar-refractivity contribution is 6.93. The van der Waals surface area contributed by atoms with Gasteiger partial charge in [-0.15, -0.1) is 0 Å². The fourth-order valence-corrected chi connectivity index (χ4v) is 10.1. The molecule has 3 aromatic carbocycles. The lowest BCUT2D eigenvalue weighted by molar-refractivity contribution is 0.277. The predicted molar refractivity (Wildman–Crippen MR) is 207 cm³/mol. The van der Waals surface area contributed by atoms with Gasteiger partial charge in [0.1, 0.15) is 17.3 Å². The van der Waals surface area contributed by atoms with Crippen molar-refractivity contribution in [1.29, 1.82) is 0 Å². The lowest BCUT2D eigenvalue weighted by Crippen LogP contribution is -2.51. The first-order valence-electron chi connectivity index (χ1n) is 18.5. The highest BCUT2D eigenvalue weighted by Gasteiger charge is 2.46. The molecule has 4 heterocycles. The Kier molecular flexibility index (Phi) is 5.98. The number of anilines is 1. The first-order valence-corrected chi connectivity index (χ1v) is 18.5. The number of allylic oxidation sites excluding steroid dienone is 14. The molecule has 50 heavy (non-hydrogen) atoms. The molecule has 0 saturated carbocycles. The summed E-state index contributed by atoms with van der Waals surface area (Å²) in [7, 11) is 0.